The summed E-state index contributed by atoms with van der Waals surface area (Å²) in [6, 6.07) is 1.17. The molecule has 1 heterocycles. The van der Waals surface area contributed by atoms with Crippen LogP contribution in [0.1, 0.15) is 0 Å². The number of pyridine rings is 1. The van der Waals surface area contributed by atoms with Crippen molar-refractivity contribution in [3.8, 4) is 0 Å². The van der Waals surface area contributed by atoms with Crippen LogP contribution in [0.15, 0.2) is 21.6 Å². The summed E-state index contributed by atoms with van der Waals surface area (Å²) in [7, 11) is -4.11. The van der Waals surface area contributed by atoms with Crippen molar-refractivity contribution in [1.29, 1.82) is 0 Å². The van der Waals surface area contributed by atoms with E-state index in [0.717, 1.165) is 0 Å². The van der Waals surface area contributed by atoms with Gasteiger partial charge in [0.1, 0.15) is 16.2 Å². The van der Waals surface area contributed by atoms with Crippen molar-refractivity contribution in [2.45, 2.75) is 17.4 Å². The summed E-state index contributed by atoms with van der Waals surface area (Å²) < 4.78 is 49.7. The number of rotatable bonds is 5. The summed E-state index contributed by atoms with van der Waals surface area (Å²) in [6.45, 7) is -0.817. The van der Waals surface area contributed by atoms with Crippen LogP contribution in [-0.2, 0) is 10.0 Å². The summed E-state index contributed by atoms with van der Waals surface area (Å²) >= 11 is 8.61. The van der Waals surface area contributed by atoms with Gasteiger partial charge in [-0.2, -0.15) is 0 Å². The Morgan fingerprint density at radius 2 is 2.17 bits per heavy atom. The van der Waals surface area contributed by atoms with E-state index in [-0.39, 0.29) is 10.0 Å². The fourth-order valence-corrected chi connectivity index (χ4v) is 2.95. The molecule has 0 aliphatic carbocycles. The molecule has 0 bridgehead atoms. The van der Waals surface area contributed by atoms with Crippen molar-refractivity contribution in [3.63, 3.8) is 0 Å². The molecule has 1 atom stereocenters. The van der Waals surface area contributed by atoms with Crippen LogP contribution >= 0.6 is 27.5 Å². The summed E-state index contributed by atoms with van der Waals surface area (Å²) in [5, 5.41) is 8.53. The molecule has 102 valence electrons. The van der Waals surface area contributed by atoms with Gasteiger partial charge in [-0.1, -0.05) is 11.6 Å². The Hall–Kier alpha value is -0.350. The van der Waals surface area contributed by atoms with Gasteiger partial charge in [0.2, 0.25) is 10.0 Å². The molecule has 2 N–H and O–H groups in total. The number of nitrogens with zero attached hydrogens (tertiary/aromatic N) is 1. The van der Waals surface area contributed by atoms with E-state index in [9.17, 15) is 17.2 Å². The van der Waals surface area contributed by atoms with Crippen LogP contribution in [0.4, 0.5) is 8.78 Å². The monoisotopic (exact) mass is 364 g/mol. The zero-order valence-corrected chi connectivity index (χ0v) is 11.8. The van der Waals surface area contributed by atoms with E-state index < -0.39 is 29.1 Å². The second kappa shape index (κ2) is 6.20. The average molecular weight is 366 g/mol. The number of hydrogen-bond acceptors (Lipinski definition) is 4. The molecule has 0 saturated heterocycles. The number of nitrogens with one attached hydrogen (secondary N) is 1. The minimum Gasteiger partial charge on any atom is -0.386 e. The number of halogens is 4. The fourth-order valence-electron chi connectivity index (χ4n) is 0.954. The third kappa shape index (κ3) is 4.09. The first-order chi connectivity index (χ1) is 8.24. The molecule has 0 radical (unpaired) electrons. The second-order valence-corrected chi connectivity index (χ2v) is 6.21. The highest BCUT2D eigenvalue weighted by molar-refractivity contribution is 9.10. The van der Waals surface area contributed by atoms with Crippen LogP contribution in [0.3, 0.4) is 0 Å². The van der Waals surface area contributed by atoms with E-state index in [1.54, 1.807) is 0 Å². The van der Waals surface area contributed by atoms with Crippen LogP contribution in [0, 0.1) is 0 Å². The molecule has 0 saturated carbocycles. The van der Waals surface area contributed by atoms with Crippen molar-refractivity contribution in [1.82, 2.24) is 9.71 Å². The van der Waals surface area contributed by atoms with E-state index >= 15 is 0 Å². The van der Waals surface area contributed by atoms with Gasteiger partial charge in [-0.3, -0.25) is 0 Å². The standard InChI is InChI=1S/C8H8BrClF2N2O3S/c9-4-1-6(7(10)13-2-4)18(16,17)14-3-5(15)8(11)12/h1-2,5,8,14-15H,3H2. The maximum Gasteiger partial charge on any atom is 0.265 e. The molecular formula is C8H8BrClF2N2O3S. The van der Waals surface area contributed by atoms with E-state index in [2.05, 4.69) is 20.9 Å². The van der Waals surface area contributed by atoms with Gasteiger partial charge in [-0.25, -0.2) is 26.9 Å². The van der Waals surface area contributed by atoms with Gasteiger partial charge in [0, 0.05) is 17.2 Å². The Labute approximate surface area is 115 Å². The third-order valence-electron chi connectivity index (χ3n) is 1.84. The lowest BCUT2D eigenvalue weighted by molar-refractivity contribution is -0.000451. The van der Waals surface area contributed by atoms with Crippen molar-refractivity contribution in [3.05, 3.63) is 21.9 Å². The maximum absolute atomic E-state index is 12.0. The molecule has 0 fully saturated rings. The average Bonchev–Trinajstić information content (AvgIpc) is 2.29. The summed E-state index contributed by atoms with van der Waals surface area (Å²) in [5.41, 5.74) is 0. The quantitative estimate of drug-likeness (QED) is 0.773. The molecule has 0 amide bonds. The summed E-state index contributed by atoms with van der Waals surface area (Å²) in [6.07, 6.45) is -3.84. The number of hydrogen-bond donors (Lipinski definition) is 2. The van der Waals surface area contributed by atoms with Gasteiger partial charge in [0.05, 0.1) is 0 Å². The molecule has 18 heavy (non-hydrogen) atoms. The first-order valence-corrected chi connectivity index (χ1v) is 7.16. The number of aliphatic hydroxyl groups excluding tert-OH is 1. The van der Waals surface area contributed by atoms with Crippen molar-refractivity contribution in [2.75, 3.05) is 6.54 Å². The smallest absolute Gasteiger partial charge is 0.265 e. The highest BCUT2D eigenvalue weighted by Crippen LogP contribution is 2.22. The van der Waals surface area contributed by atoms with Crippen LogP contribution in [0.2, 0.25) is 5.15 Å². The van der Waals surface area contributed by atoms with Gasteiger partial charge in [-0.15, -0.1) is 0 Å². The summed E-state index contributed by atoms with van der Waals surface area (Å²) in [5.74, 6) is 0. The Morgan fingerprint density at radius 3 is 2.72 bits per heavy atom. The molecular weight excluding hydrogens is 358 g/mol. The first kappa shape index (κ1) is 15.7. The topological polar surface area (TPSA) is 79.3 Å². The molecule has 5 nitrogen and oxygen atoms in total. The SMILES string of the molecule is O=S(=O)(NCC(O)C(F)F)c1cc(Br)cnc1Cl. The lowest BCUT2D eigenvalue weighted by atomic mass is 10.4. The van der Waals surface area contributed by atoms with Crippen molar-refractivity contribution < 1.29 is 22.3 Å². The lowest BCUT2D eigenvalue weighted by Crippen LogP contribution is -2.36. The molecule has 1 aromatic heterocycles. The zero-order chi connectivity index (χ0) is 13.9. The number of aliphatic hydroxyl groups is 1. The number of aromatic nitrogens is 1. The minimum absolute atomic E-state index is 0.294. The van der Waals surface area contributed by atoms with Crippen LogP contribution in [-0.4, -0.2) is 37.6 Å². The van der Waals surface area contributed by atoms with Gasteiger partial charge < -0.3 is 5.11 Å². The molecule has 10 heteroatoms. The molecule has 1 unspecified atom stereocenters. The first-order valence-electron chi connectivity index (χ1n) is 4.51. The Morgan fingerprint density at radius 1 is 1.56 bits per heavy atom. The molecule has 1 rings (SSSR count). The Kier molecular flexibility index (Phi) is 5.41. The van der Waals surface area contributed by atoms with Gasteiger partial charge >= 0.3 is 0 Å². The summed E-state index contributed by atoms with van der Waals surface area (Å²) in [4.78, 5) is 3.23. The molecule has 0 aliphatic rings. The molecule has 0 spiro atoms. The van der Waals surface area contributed by atoms with Gasteiger partial charge in [0.25, 0.3) is 6.43 Å². The predicted molar refractivity (Wildman–Crippen MR) is 64.1 cm³/mol. The second-order valence-electron chi connectivity index (χ2n) is 3.20. The molecule has 0 aliphatic heterocycles. The van der Waals surface area contributed by atoms with E-state index in [4.69, 9.17) is 16.7 Å². The van der Waals surface area contributed by atoms with Crippen molar-refractivity contribution in [2.24, 2.45) is 0 Å². The predicted octanol–water partition coefficient (Wildman–Crippen LogP) is 1.40. The minimum atomic E-state index is -4.11. The third-order valence-corrected chi connectivity index (χ3v) is 4.12. The van der Waals surface area contributed by atoms with Crippen LogP contribution in [0.25, 0.3) is 0 Å². The molecule has 0 aromatic carbocycles. The van der Waals surface area contributed by atoms with Crippen LogP contribution < -0.4 is 4.72 Å². The molecule has 1 aromatic rings. The largest absolute Gasteiger partial charge is 0.386 e. The lowest BCUT2D eigenvalue weighted by Gasteiger charge is -2.11. The van der Waals surface area contributed by atoms with E-state index in [1.807, 2.05) is 4.72 Å². The number of alkyl halides is 2. The van der Waals surface area contributed by atoms with Crippen molar-refractivity contribution >= 4 is 37.6 Å². The zero-order valence-electron chi connectivity index (χ0n) is 8.65. The Balaban J connectivity index is 2.90. The Bertz CT molecular complexity index is 529. The van der Waals surface area contributed by atoms with Gasteiger partial charge in [-0.05, 0) is 22.0 Å². The van der Waals surface area contributed by atoms with E-state index in [0.29, 0.717) is 4.47 Å². The maximum atomic E-state index is 12.0. The highest BCUT2D eigenvalue weighted by atomic mass is 79.9. The van der Waals surface area contributed by atoms with Gasteiger partial charge in [0.15, 0.2) is 0 Å². The fraction of sp³-hybridized carbons (Fsp3) is 0.375. The normalized spacial score (nSPS) is 13.9. The van der Waals surface area contributed by atoms with E-state index in [1.165, 1.54) is 12.3 Å². The highest BCUT2D eigenvalue weighted by Gasteiger charge is 2.23. The number of sulfonamides is 1. The van der Waals surface area contributed by atoms with Crippen LogP contribution in [0.5, 0.6) is 0 Å².